The van der Waals surface area contributed by atoms with Crippen LogP contribution in [0.15, 0.2) is 12.2 Å². The predicted molar refractivity (Wildman–Crippen MR) is 96.2 cm³/mol. The number of carbonyl (C=O) groups excluding carboxylic acids is 1. The SMILES string of the molecule is CCCCCCCCCCCCC/C=C/C1CC(=O)N[C@H]1CF. The van der Waals surface area contributed by atoms with Gasteiger partial charge in [0.25, 0.3) is 0 Å². The van der Waals surface area contributed by atoms with Crippen LogP contribution >= 0.6 is 0 Å². The standard InChI is InChI=1S/C20H36FNO/c1-2-3-4-5-6-7-8-9-10-11-12-13-14-15-18-16-20(23)22-19(18)17-21/h14-15,18-19H,2-13,16-17H2,1H3,(H,22,23)/b15-14+/t18?,19-/m0/s1. The summed E-state index contributed by atoms with van der Waals surface area (Å²) in [6.45, 7) is 1.80. The van der Waals surface area contributed by atoms with Gasteiger partial charge in [-0.15, -0.1) is 0 Å². The first-order chi connectivity index (χ1) is 11.3. The van der Waals surface area contributed by atoms with E-state index < -0.39 is 6.67 Å². The molecule has 23 heavy (non-hydrogen) atoms. The predicted octanol–water partition coefficient (Wildman–Crippen LogP) is 5.72. The first-order valence-corrected chi connectivity index (χ1v) is 9.80. The van der Waals surface area contributed by atoms with Crippen LogP contribution in [0.4, 0.5) is 4.39 Å². The van der Waals surface area contributed by atoms with Gasteiger partial charge in [-0.2, -0.15) is 0 Å². The van der Waals surface area contributed by atoms with E-state index >= 15 is 0 Å². The van der Waals surface area contributed by atoms with E-state index in [0.29, 0.717) is 6.42 Å². The molecule has 0 saturated carbocycles. The summed E-state index contributed by atoms with van der Waals surface area (Å²) >= 11 is 0. The number of amides is 1. The van der Waals surface area contributed by atoms with Crippen molar-refractivity contribution in [1.82, 2.24) is 5.32 Å². The highest BCUT2D eigenvalue weighted by molar-refractivity contribution is 5.79. The zero-order valence-electron chi connectivity index (χ0n) is 15.0. The van der Waals surface area contributed by atoms with E-state index in [1.807, 2.05) is 6.08 Å². The van der Waals surface area contributed by atoms with Crippen molar-refractivity contribution in [1.29, 1.82) is 0 Å². The van der Waals surface area contributed by atoms with Gasteiger partial charge in [0, 0.05) is 12.3 Å². The lowest BCUT2D eigenvalue weighted by Crippen LogP contribution is -2.30. The number of hydrogen-bond donors (Lipinski definition) is 1. The Balaban J connectivity index is 1.88. The number of carbonyl (C=O) groups is 1. The summed E-state index contributed by atoms with van der Waals surface area (Å²) in [5.74, 6) is 0.0391. The molecule has 0 radical (unpaired) electrons. The Morgan fingerprint density at radius 3 is 2.13 bits per heavy atom. The molecule has 0 spiro atoms. The molecule has 2 atom stereocenters. The van der Waals surface area contributed by atoms with E-state index in [1.54, 1.807) is 0 Å². The van der Waals surface area contributed by atoms with Crippen molar-refractivity contribution in [3.8, 4) is 0 Å². The van der Waals surface area contributed by atoms with Gasteiger partial charge in [-0.3, -0.25) is 4.79 Å². The highest BCUT2D eigenvalue weighted by atomic mass is 19.1. The van der Waals surface area contributed by atoms with E-state index in [2.05, 4.69) is 18.3 Å². The Morgan fingerprint density at radius 1 is 1.00 bits per heavy atom. The molecular weight excluding hydrogens is 289 g/mol. The van der Waals surface area contributed by atoms with Crippen molar-refractivity contribution >= 4 is 5.91 Å². The Kier molecular flexibility index (Phi) is 11.9. The molecular formula is C20H36FNO. The highest BCUT2D eigenvalue weighted by Gasteiger charge is 2.29. The van der Waals surface area contributed by atoms with Crippen LogP contribution in [0.5, 0.6) is 0 Å². The van der Waals surface area contributed by atoms with Crippen LogP contribution in [0.25, 0.3) is 0 Å². The monoisotopic (exact) mass is 325 g/mol. The number of allylic oxidation sites excluding steroid dienone is 1. The summed E-state index contributed by atoms with van der Waals surface area (Å²) < 4.78 is 12.7. The quantitative estimate of drug-likeness (QED) is 0.321. The van der Waals surface area contributed by atoms with Gasteiger partial charge in [-0.05, 0) is 12.8 Å². The lowest BCUT2D eigenvalue weighted by Gasteiger charge is -2.10. The normalized spacial score (nSPS) is 21.2. The van der Waals surface area contributed by atoms with Crippen molar-refractivity contribution in [2.24, 2.45) is 5.92 Å². The van der Waals surface area contributed by atoms with Gasteiger partial charge >= 0.3 is 0 Å². The number of nitrogens with one attached hydrogen (secondary N) is 1. The molecule has 1 saturated heterocycles. The van der Waals surface area contributed by atoms with Crippen molar-refractivity contribution in [2.75, 3.05) is 6.67 Å². The zero-order chi connectivity index (χ0) is 16.8. The van der Waals surface area contributed by atoms with Gasteiger partial charge < -0.3 is 5.32 Å². The van der Waals surface area contributed by atoms with E-state index in [1.165, 1.54) is 70.6 Å². The largest absolute Gasteiger partial charge is 0.350 e. The Hall–Kier alpha value is -0.860. The number of rotatable bonds is 14. The number of hydrogen-bond acceptors (Lipinski definition) is 1. The second-order valence-electron chi connectivity index (χ2n) is 6.95. The summed E-state index contributed by atoms with van der Waals surface area (Å²) in [5.41, 5.74) is 0. The third-order valence-corrected chi connectivity index (χ3v) is 4.81. The molecule has 2 nitrogen and oxygen atoms in total. The van der Waals surface area contributed by atoms with Crippen LogP contribution in [0.3, 0.4) is 0 Å². The Bertz CT molecular complexity index is 330. The summed E-state index contributed by atoms with van der Waals surface area (Å²) in [6.07, 6.45) is 20.6. The first kappa shape index (κ1) is 20.2. The molecule has 134 valence electrons. The topological polar surface area (TPSA) is 29.1 Å². The lowest BCUT2D eigenvalue weighted by atomic mass is 10.00. The van der Waals surface area contributed by atoms with Gasteiger partial charge in [0.15, 0.2) is 0 Å². The molecule has 0 aliphatic carbocycles. The fraction of sp³-hybridized carbons (Fsp3) is 0.850. The van der Waals surface area contributed by atoms with Gasteiger partial charge in [-0.25, -0.2) is 4.39 Å². The van der Waals surface area contributed by atoms with Crippen molar-refractivity contribution in [2.45, 2.75) is 96.4 Å². The van der Waals surface area contributed by atoms with Crippen molar-refractivity contribution in [3.63, 3.8) is 0 Å². The van der Waals surface area contributed by atoms with E-state index in [9.17, 15) is 9.18 Å². The number of unbranched alkanes of at least 4 members (excludes halogenated alkanes) is 11. The van der Waals surface area contributed by atoms with E-state index in [0.717, 1.165) is 6.42 Å². The molecule has 0 bridgehead atoms. The van der Waals surface area contributed by atoms with Crippen molar-refractivity contribution < 1.29 is 9.18 Å². The lowest BCUT2D eigenvalue weighted by molar-refractivity contribution is -0.119. The summed E-state index contributed by atoms with van der Waals surface area (Å²) in [6, 6.07) is -0.295. The Labute approximate surface area is 142 Å². The molecule has 1 heterocycles. The maximum atomic E-state index is 12.7. The van der Waals surface area contributed by atoms with Gasteiger partial charge in [0.05, 0.1) is 6.04 Å². The molecule has 0 aromatic rings. The summed E-state index contributed by atoms with van der Waals surface area (Å²) in [4.78, 5) is 11.2. The molecule has 1 rings (SSSR count). The number of alkyl halides is 1. The highest BCUT2D eigenvalue weighted by Crippen LogP contribution is 2.19. The molecule has 0 aromatic carbocycles. The fourth-order valence-electron chi connectivity index (χ4n) is 3.28. The van der Waals surface area contributed by atoms with Gasteiger partial charge in [0.1, 0.15) is 6.67 Å². The van der Waals surface area contributed by atoms with Crippen LogP contribution < -0.4 is 5.32 Å². The van der Waals surface area contributed by atoms with Gasteiger partial charge in [0.2, 0.25) is 5.91 Å². The maximum absolute atomic E-state index is 12.7. The second-order valence-corrected chi connectivity index (χ2v) is 6.95. The van der Waals surface area contributed by atoms with E-state index in [4.69, 9.17) is 0 Å². The zero-order valence-corrected chi connectivity index (χ0v) is 15.0. The van der Waals surface area contributed by atoms with E-state index in [-0.39, 0.29) is 17.9 Å². The summed E-state index contributed by atoms with van der Waals surface area (Å²) in [7, 11) is 0. The van der Waals surface area contributed by atoms with Crippen molar-refractivity contribution in [3.05, 3.63) is 12.2 Å². The molecule has 1 amide bonds. The molecule has 1 fully saturated rings. The minimum absolute atomic E-state index is 0.0167. The maximum Gasteiger partial charge on any atom is 0.220 e. The molecule has 1 aliphatic rings. The Morgan fingerprint density at radius 2 is 1.57 bits per heavy atom. The van der Waals surface area contributed by atoms with Crippen LogP contribution in [0.1, 0.15) is 90.4 Å². The smallest absolute Gasteiger partial charge is 0.220 e. The molecule has 1 N–H and O–H groups in total. The first-order valence-electron chi connectivity index (χ1n) is 9.80. The third-order valence-electron chi connectivity index (χ3n) is 4.81. The van der Waals surface area contributed by atoms with Crippen LogP contribution in [-0.4, -0.2) is 18.6 Å². The van der Waals surface area contributed by atoms with Crippen LogP contribution in [-0.2, 0) is 4.79 Å². The second kappa shape index (κ2) is 13.6. The van der Waals surface area contributed by atoms with Crippen LogP contribution in [0, 0.1) is 5.92 Å². The third kappa shape index (κ3) is 9.78. The average molecular weight is 326 g/mol. The molecule has 1 unspecified atom stereocenters. The molecule has 1 aliphatic heterocycles. The van der Waals surface area contributed by atoms with Crippen LogP contribution in [0.2, 0.25) is 0 Å². The number of halogens is 1. The summed E-state index contributed by atoms with van der Waals surface area (Å²) in [5, 5.41) is 2.69. The fourth-order valence-corrected chi connectivity index (χ4v) is 3.28. The molecule has 3 heteroatoms. The van der Waals surface area contributed by atoms with Gasteiger partial charge in [-0.1, -0.05) is 83.3 Å². The minimum Gasteiger partial charge on any atom is -0.350 e. The minimum atomic E-state index is -0.459. The molecule has 0 aromatic heterocycles. The average Bonchev–Trinajstić information content (AvgIpc) is 2.91.